The first-order valence-corrected chi connectivity index (χ1v) is 14.7. The summed E-state index contributed by atoms with van der Waals surface area (Å²) in [5, 5.41) is 0. The number of hydrogen-bond donors (Lipinski definition) is 0. The van der Waals surface area contributed by atoms with Crippen LogP contribution < -0.4 is 4.74 Å². The first-order chi connectivity index (χ1) is 18.2. The second kappa shape index (κ2) is 20.4. The molecule has 0 unspecified atom stereocenters. The first-order valence-electron chi connectivity index (χ1n) is 14.7. The fraction of sp³-hybridized carbons (Fsp3) is 0.576. The summed E-state index contributed by atoms with van der Waals surface area (Å²) < 4.78 is 10.8. The number of unbranched alkanes of at least 4 members (excludes halogenated alkanes) is 13. The number of carbonyl (C=O) groups excluding carboxylic acids is 2. The van der Waals surface area contributed by atoms with Crippen LogP contribution >= 0.6 is 0 Å². The summed E-state index contributed by atoms with van der Waals surface area (Å²) in [5.74, 6) is 0.357. The lowest BCUT2D eigenvalue weighted by Crippen LogP contribution is -2.07. The number of hydrogen-bond acceptors (Lipinski definition) is 4. The Kier molecular flexibility index (Phi) is 16.9. The molecule has 0 aliphatic carbocycles. The lowest BCUT2D eigenvalue weighted by Gasteiger charge is -2.07. The van der Waals surface area contributed by atoms with Crippen molar-refractivity contribution in [3.05, 3.63) is 54.6 Å². The smallest absolute Gasteiger partial charge is 0.311 e. The van der Waals surface area contributed by atoms with Gasteiger partial charge in [-0.1, -0.05) is 126 Å². The van der Waals surface area contributed by atoms with Crippen molar-refractivity contribution in [2.75, 3.05) is 6.61 Å². The molecule has 0 aromatic heterocycles. The molecule has 2 rings (SSSR count). The fourth-order valence-corrected chi connectivity index (χ4v) is 4.45. The first kappa shape index (κ1) is 30.6. The molecule has 0 bridgehead atoms. The van der Waals surface area contributed by atoms with Gasteiger partial charge in [0.15, 0.2) is 0 Å². The van der Waals surface area contributed by atoms with E-state index in [1.807, 2.05) is 42.5 Å². The van der Waals surface area contributed by atoms with Gasteiger partial charge in [0, 0.05) is 12.8 Å². The minimum absolute atomic E-state index is 0.0564. The number of rotatable bonds is 21. The van der Waals surface area contributed by atoms with Crippen LogP contribution in [0, 0.1) is 0 Å². The maximum Gasteiger partial charge on any atom is 0.311 e. The average molecular weight is 509 g/mol. The Labute approximate surface area is 225 Å². The van der Waals surface area contributed by atoms with Crippen molar-refractivity contribution in [3.63, 3.8) is 0 Å². The Morgan fingerprint density at radius 3 is 1.62 bits per heavy atom. The van der Waals surface area contributed by atoms with Crippen LogP contribution in [0.25, 0.3) is 11.1 Å². The molecule has 37 heavy (non-hydrogen) atoms. The van der Waals surface area contributed by atoms with Crippen molar-refractivity contribution in [1.82, 2.24) is 0 Å². The van der Waals surface area contributed by atoms with E-state index >= 15 is 0 Å². The number of esters is 2. The quantitative estimate of drug-likeness (QED) is 0.0957. The van der Waals surface area contributed by atoms with Gasteiger partial charge in [0.05, 0.1) is 6.61 Å². The zero-order valence-electron chi connectivity index (χ0n) is 23.1. The SMILES string of the molecule is CCCCCCCCCCCOC(=O)CCCCCCCCC(=O)Oc1ccc(-c2ccccc2)cc1. The average Bonchev–Trinajstić information content (AvgIpc) is 2.92. The molecule has 0 aliphatic rings. The molecule has 0 spiro atoms. The zero-order valence-corrected chi connectivity index (χ0v) is 23.1. The van der Waals surface area contributed by atoms with E-state index in [0.717, 1.165) is 62.5 Å². The maximum absolute atomic E-state index is 12.1. The van der Waals surface area contributed by atoms with Gasteiger partial charge in [0.2, 0.25) is 0 Å². The molecular formula is C33H48O4. The summed E-state index contributed by atoms with van der Waals surface area (Å²) in [6.45, 7) is 2.82. The number of carbonyl (C=O) groups is 2. The van der Waals surface area contributed by atoms with Crippen molar-refractivity contribution in [2.24, 2.45) is 0 Å². The molecule has 204 valence electrons. The van der Waals surface area contributed by atoms with Gasteiger partial charge in [-0.2, -0.15) is 0 Å². The highest BCUT2D eigenvalue weighted by Gasteiger charge is 2.06. The van der Waals surface area contributed by atoms with Crippen LogP contribution in [-0.2, 0) is 14.3 Å². The van der Waals surface area contributed by atoms with Gasteiger partial charge in [-0.15, -0.1) is 0 Å². The number of benzene rings is 2. The third kappa shape index (κ3) is 15.3. The van der Waals surface area contributed by atoms with Crippen LogP contribution in [0.4, 0.5) is 0 Å². The van der Waals surface area contributed by atoms with Crippen molar-refractivity contribution < 1.29 is 19.1 Å². The summed E-state index contributed by atoms with van der Waals surface area (Å²) in [4.78, 5) is 24.0. The van der Waals surface area contributed by atoms with E-state index in [2.05, 4.69) is 19.1 Å². The molecule has 0 radical (unpaired) electrons. The van der Waals surface area contributed by atoms with Gasteiger partial charge < -0.3 is 9.47 Å². The van der Waals surface area contributed by atoms with Gasteiger partial charge >= 0.3 is 11.9 Å². The van der Waals surface area contributed by atoms with Gasteiger partial charge in [-0.25, -0.2) is 0 Å². The molecule has 4 heteroatoms. The normalized spacial score (nSPS) is 10.8. The van der Waals surface area contributed by atoms with Gasteiger partial charge in [0.1, 0.15) is 5.75 Å². The van der Waals surface area contributed by atoms with E-state index in [1.165, 1.54) is 44.9 Å². The molecule has 4 nitrogen and oxygen atoms in total. The Morgan fingerprint density at radius 2 is 1.03 bits per heavy atom. The summed E-state index contributed by atoms with van der Waals surface area (Å²) in [5.41, 5.74) is 2.25. The highest BCUT2D eigenvalue weighted by molar-refractivity contribution is 5.73. The molecule has 0 heterocycles. The van der Waals surface area contributed by atoms with E-state index in [4.69, 9.17) is 9.47 Å². The summed E-state index contributed by atoms with van der Waals surface area (Å²) in [7, 11) is 0. The Balaban J connectivity index is 1.38. The Bertz CT molecular complexity index is 844. The molecule has 2 aromatic carbocycles. The fourth-order valence-electron chi connectivity index (χ4n) is 4.45. The van der Waals surface area contributed by atoms with Crippen molar-refractivity contribution >= 4 is 11.9 Å². The second-order valence-corrected chi connectivity index (χ2v) is 10.0. The van der Waals surface area contributed by atoms with Crippen molar-refractivity contribution in [1.29, 1.82) is 0 Å². The molecule has 0 N–H and O–H groups in total. The van der Waals surface area contributed by atoms with Crippen LogP contribution in [0.1, 0.15) is 116 Å². The Morgan fingerprint density at radius 1 is 0.541 bits per heavy atom. The number of ether oxygens (including phenoxy) is 2. The topological polar surface area (TPSA) is 52.6 Å². The second-order valence-electron chi connectivity index (χ2n) is 10.0. The van der Waals surface area contributed by atoms with Crippen molar-refractivity contribution in [2.45, 2.75) is 116 Å². The minimum atomic E-state index is -0.179. The standard InChI is InChI=1S/C33H48O4/c1-2-3-4-5-6-7-10-13-19-28-36-32(34)22-17-11-8-9-12-18-23-33(35)37-31-26-24-30(25-27-31)29-20-15-14-16-21-29/h14-16,20-21,24-27H,2-13,17-19,22-23,28H2,1H3. The molecule has 0 saturated heterocycles. The summed E-state index contributed by atoms with van der Waals surface area (Å²) >= 11 is 0. The lowest BCUT2D eigenvalue weighted by molar-refractivity contribution is -0.144. The zero-order chi connectivity index (χ0) is 26.4. The van der Waals surface area contributed by atoms with Crippen LogP contribution in [0.15, 0.2) is 54.6 Å². The van der Waals surface area contributed by atoms with Crippen LogP contribution in [-0.4, -0.2) is 18.5 Å². The van der Waals surface area contributed by atoms with E-state index in [1.54, 1.807) is 0 Å². The summed E-state index contributed by atoms with van der Waals surface area (Å²) in [6, 6.07) is 17.8. The highest BCUT2D eigenvalue weighted by Crippen LogP contribution is 2.22. The predicted octanol–water partition coefficient (Wildman–Crippen LogP) is 9.45. The molecule has 0 saturated carbocycles. The maximum atomic E-state index is 12.1. The lowest BCUT2D eigenvalue weighted by atomic mass is 10.1. The third-order valence-electron chi connectivity index (χ3n) is 6.72. The molecular weight excluding hydrogens is 460 g/mol. The molecule has 0 fully saturated rings. The predicted molar refractivity (Wildman–Crippen MR) is 153 cm³/mol. The largest absolute Gasteiger partial charge is 0.466 e. The highest BCUT2D eigenvalue weighted by atomic mass is 16.5. The monoisotopic (exact) mass is 508 g/mol. The van der Waals surface area contributed by atoms with E-state index in [-0.39, 0.29) is 11.9 Å². The van der Waals surface area contributed by atoms with E-state index in [0.29, 0.717) is 25.2 Å². The molecule has 0 atom stereocenters. The third-order valence-corrected chi connectivity index (χ3v) is 6.72. The van der Waals surface area contributed by atoms with E-state index < -0.39 is 0 Å². The van der Waals surface area contributed by atoms with Gasteiger partial charge in [0.25, 0.3) is 0 Å². The summed E-state index contributed by atoms with van der Waals surface area (Å²) in [6.07, 6.45) is 18.3. The molecule has 0 aliphatic heterocycles. The van der Waals surface area contributed by atoms with Crippen LogP contribution in [0.3, 0.4) is 0 Å². The molecule has 2 aromatic rings. The van der Waals surface area contributed by atoms with Gasteiger partial charge in [-0.05, 0) is 42.5 Å². The van der Waals surface area contributed by atoms with Gasteiger partial charge in [-0.3, -0.25) is 9.59 Å². The van der Waals surface area contributed by atoms with Crippen LogP contribution in [0.5, 0.6) is 5.75 Å². The molecule has 0 amide bonds. The van der Waals surface area contributed by atoms with Crippen LogP contribution in [0.2, 0.25) is 0 Å². The Hall–Kier alpha value is -2.62. The minimum Gasteiger partial charge on any atom is -0.466 e. The van der Waals surface area contributed by atoms with Crippen molar-refractivity contribution in [3.8, 4) is 16.9 Å². The van der Waals surface area contributed by atoms with E-state index in [9.17, 15) is 9.59 Å².